The zero-order valence-corrected chi connectivity index (χ0v) is 11.7. The van der Waals surface area contributed by atoms with Crippen LogP contribution in [0.2, 0.25) is 0 Å². The Bertz CT molecular complexity index is 544. The highest BCUT2D eigenvalue weighted by Crippen LogP contribution is 2.27. The van der Waals surface area contributed by atoms with Crippen molar-refractivity contribution in [3.63, 3.8) is 0 Å². The summed E-state index contributed by atoms with van der Waals surface area (Å²) in [6, 6.07) is 7.89. The summed E-state index contributed by atoms with van der Waals surface area (Å²) >= 11 is 0. The Balaban J connectivity index is 1.75. The van der Waals surface area contributed by atoms with Gasteiger partial charge in [0.1, 0.15) is 0 Å². The summed E-state index contributed by atoms with van der Waals surface area (Å²) in [5.41, 5.74) is 2.27. The topological polar surface area (TPSA) is 53.9 Å². The van der Waals surface area contributed by atoms with Gasteiger partial charge in [0.2, 0.25) is 0 Å². The molecule has 2 N–H and O–H groups in total. The molecule has 1 fully saturated rings. The highest BCUT2D eigenvalue weighted by atomic mass is 16.2. The molecule has 0 aliphatic carbocycles. The molecule has 2 aliphatic rings. The van der Waals surface area contributed by atoms with Gasteiger partial charge in [-0.3, -0.25) is 9.59 Å². The van der Waals surface area contributed by atoms with Crippen LogP contribution in [0.25, 0.3) is 0 Å². The van der Waals surface area contributed by atoms with Crippen LogP contribution in [0.1, 0.15) is 12.5 Å². The van der Waals surface area contributed by atoms with Crippen molar-refractivity contribution in [3.8, 4) is 0 Å². The van der Waals surface area contributed by atoms with Crippen LogP contribution < -0.4 is 15.1 Å². The van der Waals surface area contributed by atoms with Gasteiger partial charge in [0.05, 0.1) is 13.1 Å². The van der Waals surface area contributed by atoms with E-state index in [4.69, 9.17) is 0 Å². The van der Waals surface area contributed by atoms with Crippen molar-refractivity contribution in [1.82, 2.24) is 5.32 Å². The van der Waals surface area contributed by atoms with E-state index >= 15 is 0 Å². The van der Waals surface area contributed by atoms with Gasteiger partial charge in [0.15, 0.2) is 12.6 Å². The van der Waals surface area contributed by atoms with Gasteiger partial charge in [-0.1, -0.05) is 18.2 Å². The second-order valence-electron chi connectivity index (χ2n) is 5.53. The number of quaternary nitrogens is 1. The molecule has 1 saturated heterocycles. The molecule has 20 heavy (non-hydrogen) atoms. The van der Waals surface area contributed by atoms with E-state index in [9.17, 15) is 9.59 Å². The molecule has 1 aromatic carbocycles. The minimum absolute atomic E-state index is 0.0349. The number of hydrogen-bond donors (Lipinski definition) is 2. The van der Waals surface area contributed by atoms with Crippen molar-refractivity contribution in [2.45, 2.75) is 19.4 Å². The monoisotopic (exact) mass is 274 g/mol. The molecule has 106 valence electrons. The second kappa shape index (κ2) is 5.25. The number of anilines is 1. The Labute approximate surface area is 118 Å². The Hall–Kier alpha value is -1.88. The van der Waals surface area contributed by atoms with E-state index < -0.39 is 0 Å². The number of fused-ring (bicyclic) bond motifs is 1. The minimum atomic E-state index is -0.174. The Kier molecular flexibility index (Phi) is 3.44. The van der Waals surface area contributed by atoms with E-state index in [1.807, 2.05) is 30.0 Å². The van der Waals surface area contributed by atoms with Crippen molar-refractivity contribution in [3.05, 3.63) is 29.8 Å². The molecule has 0 saturated carbocycles. The number of carbonyl (C=O) groups is 2. The molecule has 0 aromatic heterocycles. The average Bonchev–Trinajstić information content (AvgIpc) is 2.89. The first-order valence-electron chi connectivity index (χ1n) is 7.17. The zero-order chi connectivity index (χ0) is 14.1. The Morgan fingerprint density at radius 2 is 2.20 bits per heavy atom. The fourth-order valence-electron chi connectivity index (χ4n) is 3.06. The highest BCUT2D eigenvalue weighted by molar-refractivity contribution is 5.98. The summed E-state index contributed by atoms with van der Waals surface area (Å²) < 4.78 is 0. The van der Waals surface area contributed by atoms with Gasteiger partial charge in [-0.25, -0.2) is 0 Å². The zero-order valence-electron chi connectivity index (χ0n) is 11.7. The van der Waals surface area contributed by atoms with E-state index in [2.05, 4.69) is 11.4 Å². The lowest BCUT2D eigenvalue weighted by Crippen LogP contribution is -3.19. The van der Waals surface area contributed by atoms with Gasteiger partial charge >= 0.3 is 0 Å². The summed E-state index contributed by atoms with van der Waals surface area (Å²) in [5.74, 6) is 0.160. The lowest BCUT2D eigenvalue weighted by Gasteiger charge is -2.30. The predicted octanol–water partition coefficient (Wildman–Crippen LogP) is -1.02. The van der Waals surface area contributed by atoms with Gasteiger partial charge in [-0.05, 0) is 25.0 Å². The molecule has 5 heteroatoms. The number of nitrogens with one attached hydrogen (secondary N) is 2. The molecule has 2 amide bonds. The van der Waals surface area contributed by atoms with E-state index in [-0.39, 0.29) is 17.9 Å². The largest absolute Gasteiger partial charge is 0.346 e. The van der Waals surface area contributed by atoms with Crippen molar-refractivity contribution >= 4 is 17.5 Å². The highest BCUT2D eigenvalue weighted by Gasteiger charge is 2.35. The maximum absolute atomic E-state index is 12.7. The van der Waals surface area contributed by atoms with Gasteiger partial charge in [0, 0.05) is 12.2 Å². The summed E-state index contributed by atoms with van der Waals surface area (Å²) in [4.78, 5) is 27.1. The van der Waals surface area contributed by atoms with Gasteiger partial charge in [-0.2, -0.15) is 0 Å². The van der Waals surface area contributed by atoms with E-state index in [0.717, 1.165) is 30.1 Å². The van der Waals surface area contributed by atoms with Crippen LogP contribution in [0, 0.1) is 0 Å². The molecule has 0 radical (unpaired) electrons. The molecule has 1 unspecified atom stereocenters. The molecule has 5 nitrogen and oxygen atoms in total. The first-order chi connectivity index (χ1) is 9.66. The standard InChI is InChI=1S/C15H19N3O2/c1-11(17-9-7-16-14(19)10-17)15(20)18-8-6-12-4-2-3-5-13(12)18/h2-5,11H,6-10H2,1H3,(H,16,19)/p+1/t11-/m1/s1. The number of amides is 2. The summed E-state index contributed by atoms with van der Waals surface area (Å²) in [6.07, 6.45) is 0.921. The number of rotatable bonds is 2. The third-order valence-corrected chi connectivity index (χ3v) is 4.29. The van der Waals surface area contributed by atoms with Crippen LogP contribution >= 0.6 is 0 Å². The van der Waals surface area contributed by atoms with Crippen LogP contribution in [0.15, 0.2) is 24.3 Å². The van der Waals surface area contributed by atoms with E-state index in [1.54, 1.807) is 0 Å². The Morgan fingerprint density at radius 1 is 1.40 bits per heavy atom. The number of benzene rings is 1. The smallest absolute Gasteiger partial charge is 0.285 e. The molecular formula is C15H20N3O2+. The van der Waals surface area contributed by atoms with Crippen LogP contribution in [0.5, 0.6) is 0 Å². The molecule has 1 aromatic rings. The number of piperazine rings is 1. The quantitative estimate of drug-likeness (QED) is 0.725. The molecule has 0 bridgehead atoms. The normalized spacial score (nSPS) is 23.1. The summed E-state index contributed by atoms with van der Waals surface area (Å²) in [6.45, 7) is 4.54. The minimum Gasteiger partial charge on any atom is -0.346 e. The number of para-hydroxylation sites is 1. The van der Waals surface area contributed by atoms with Crippen molar-refractivity contribution in [2.24, 2.45) is 0 Å². The van der Waals surface area contributed by atoms with Gasteiger partial charge < -0.3 is 15.1 Å². The van der Waals surface area contributed by atoms with Crippen LogP contribution in [-0.2, 0) is 16.0 Å². The summed E-state index contributed by atoms with van der Waals surface area (Å²) in [5, 5.41) is 2.81. The van der Waals surface area contributed by atoms with E-state index in [0.29, 0.717) is 13.1 Å². The van der Waals surface area contributed by atoms with Gasteiger partial charge in [0.25, 0.3) is 11.8 Å². The van der Waals surface area contributed by atoms with Gasteiger partial charge in [-0.15, -0.1) is 0 Å². The Morgan fingerprint density at radius 3 is 3.00 bits per heavy atom. The second-order valence-corrected chi connectivity index (χ2v) is 5.53. The third-order valence-electron chi connectivity index (χ3n) is 4.29. The predicted molar refractivity (Wildman–Crippen MR) is 75.7 cm³/mol. The lowest BCUT2D eigenvalue weighted by atomic mass is 10.1. The first-order valence-corrected chi connectivity index (χ1v) is 7.17. The van der Waals surface area contributed by atoms with E-state index in [1.165, 1.54) is 5.56 Å². The SMILES string of the molecule is C[C@H](C(=O)N1CCc2ccccc21)[NH+]1CCNC(=O)C1. The maximum Gasteiger partial charge on any atom is 0.285 e. The fraction of sp³-hybridized carbons (Fsp3) is 0.467. The third kappa shape index (κ3) is 2.29. The van der Waals surface area contributed by atoms with Crippen LogP contribution in [0.3, 0.4) is 0 Å². The average molecular weight is 274 g/mol. The van der Waals surface area contributed by atoms with Crippen LogP contribution in [0.4, 0.5) is 5.69 Å². The fourth-order valence-corrected chi connectivity index (χ4v) is 3.06. The maximum atomic E-state index is 12.7. The van der Waals surface area contributed by atoms with Crippen molar-refractivity contribution in [1.29, 1.82) is 0 Å². The van der Waals surface area contributed by atoms with Crippen LogP contribution in [-0.4, -0.2) is 44.0 Å². The molecular weight excluding hydrogens is 254 g/mol. The molecule has 2 aliphatic heterocycles. The number of hydrogen-bond acceptors (Lipinski definition) is 2. The number of nitrogens with zero attached hydrogens (tertiary/aromatic N) is 1. The molecule has 2 atom stereocenters. The number of carbonyl (C=O) groups excluding carboxylic acids is 2. The first kappa shape index (κ1) is 13.1. The van der Waals surface area contributed by atoms with Crippen molar-refractivity contribution < 1.29 is 14.5 Å². The van der Waals surface area contributed by atoms with Crippen molar-refractivity contribution in [2.75, 3.05) is 31.1 Å². The summed E-state index contributed by atoms with van der Waals surface area (Å²) in [7, 11) is 0. The molecule has 3 rings (SSSR count). The molecule has 0 spiro atoms. The molecule has 2 heterocycles. The lowest BCUT2D eigenvalue weighted by molar-refractivity contribution is -0.907.